The molecule has 0 bridgehead atoms. The minimum absolute atomic E-state index is 0.0168. The number of thiophene rings is 1. The predicted molar refractivity (Wildman–Crippen MR) is 79.9 cm³/mol. The average Bonchev–Trinajstić information content (AvgIpc) is 2.92. The lowest BCUT2D eigenvalue weighted by Crippen LogP contribution is -2.41. The molecular weight excluding hydrogens is 294 g/mol. The zero-order chi connectivity index (χ0) is 15.8. The van der Waals surface area contributed by atoms with Crippen LogP contribution in [0.15, 0.2) is 28.8 Å². The van der Waals surface area contributed by atoms with Crippen molar-refractivity contribution in [2.75, 3.05) is 0 Å². The predicted octanol–water partition coefficient (Wildman–Crippen LogP) is 3.23. The van der Waals surface area contributed by atoms with Gasteiger partial charge in [-0.05, 0) is 39.1 Å². The van der Waals surface area contributed by atoms with E-state index in [9.17, 15) is 14.3 Å². The third-order valence-corrected chi connectivity index (χ3v) is 4.81. The quantitative estimate of drug-likeness (QED) is 0.685. The smallest absolute Gasteiger partial charge is 0.478 e. The highest BCUT2D eigenvalue weighted by Gasteiger charge is 2.53. The summed E-state index contributed by atoms with van der Waals surface area (Å²) in [5, 5.41) is 11.1. The molecule has 0 aromatic carbocycles. The summed E-state index contributed by atoms with van der Waals surface area (Å²) in [5.74, 6) is -1.30. The first-order valence-corrected chi connectivity index (χ1v) is 7.52. The molecule has 0 amide bonds. The van der Waals surface area contributed by atoms with Gasteiger partial charge < -0.3 is 14.4 Å². The zero-order valence-electron chi connectivity index (χ0n) is 12.5. The van der Waals surface area contributed by atoms with Crippen LogP contribution in [-0.4, -0.2) is 29.4 Å². The van der Waals surface area contributed by atoms with Gasteiger partial charge in [0.2, 0.25) is 0 Å². The maximum Gasteiger partial charge on any atom is 0.525 e. The number of aliphatic carboxylic acids is 1. The second kappa shape index (κ2) is 5.55. The molecule has 1 aliphatic rings. The molecule has 1 aromatic heterocycles. The van der Waals surface area contributed by atoms with E-state index < -0.39 is 30.0 Å². The first-order chi connectivity index (χ1) is 9.64. The molecule has 4 nitrogen and oxygen atoms in total. The molecule has 21 heavy (non-hydrogen) atoms. The fourth-order valence-corrected chi connectivity index (χ4v) is 2.66. The van der Waals surface area contributed by atoms with Crippen LogP contribution in [0.2, 0.25) is 0 Å². The minimum atomic E-state index is -1.30. The maximum atomic E-state index is 14.6. The normalized spacial score (nSPS) is 21.3. The van der Waals surface area contributed by atoms with E-state index in [1.165, 1.54) is 11.3 Å². The number of halogens is 1. The van der Waals surface area contributed by atoms with Gasteiger partial charge in [-0.2, -0.15) is 0 Å². The molecular formula is C14H18BFO4S. The Balaban J connectivity index is 2.29. The molecule has 7 heteroatoms. The largest absolute Gasteiger partial charge is 0.525 e. The zero-order valence-corrected chi connectivity index (χ0v) is 13.3. The van der Waals surface area contributed by atoms with Gasteiger partial charge in [-0.1, -0.05) is 6.07 Å². The number of hydrogen-bond acceptors (Lipinski definition) is 4. The monoisotopic (exact) mass is 312 g/mol. The van der Waals surface area contributed by atoms with E-state index in [1.807, 2.05) is 5.38 Å². The Kier molecular flexibility index (Phi) is 4.28. The lowest BCUT2D eigenvalue weighted by molar-refractivity contribution is -0.132. The van der Waals surface area contributed by atoms with Crippen molar-refractivity contribution < 1.29 is 23.6 Å². The van der Waals surface area contributed by atoms with Gasteiger partial charge in [0.1, 0.15) is 5.73 Å². The Morgan fingerprint density at radius 1 is 1.33 bits per heavy atom. The molecule has 0 spiro atoms. The SMILES string of the molecule is CC1(C)OB(C(F)=C(Cc2cccs2)C(=O)O)OC1(C)C. The van der Waals surface area contributed by atoms with E-state index in [-0.39, 0.29) is 12.0 Å². The van der Waals surface area contributed by atoms with Crippen molar-refractivity contribution in [2.45, 2.75) is 45.3 Å². The minimum Gasteiger partial charge on any atom is -0.478 e. The van der Waals surface area contributed by atoms with Gasteiger partial charge in [-0.3, -0.25) is 0 Å². The molecule has 114 valence electrons. The van der Waals surface area contributed by atoms with Crippen molar-refractivity contribution in [2.24, 2.45) is 0 Å². The van der Waals surface area contributed by atoms with Crippen molar-refractivity contribution >= 4 is 24.4 Å². The van der Waals surface area contributed by atoms with Crippen molar-refractivity contribution in [3.8, 4) is 0 Å². The molecule has 0 saturated carbocycles. The maximum absolute atomic E-state index is 14.6. The fraction of sp³-hybridized carbons (Fsp3) is 0.500. The average molecular weight is 312 g/mol. The summed E-state index contributed by atoms with van der Waals surface area (Å²) in [4.78, 5) is 12.1. The van der Waals surface area contributed by atoms with Gasteiger partial charge in [0.25, 0.3) is 0 Å². The number of rotatable bonds is 4. The van der Waals surface area contributed by atoms with E-state index in [0.717, 1.165) is 4.88 Å². The van der Waals surface area contributed by atoms with Crippen molar-refractivity contribution in [3.63, 3.8) is 0 Å². The molecule has 0 atom stereocenters. The molecule has 0 unspecified atom stereocenters. The van der Waals surface area contributed by atoms with Gasteiger partial charge in [-0.25, -0.2) is 9.18 Å². The summed E-state index contributed by atoms with van der Waals surface area (Å²) in [6, 6.07) is 3.57. The van der Waals surface area contributed by atoms with Crippen molar-refractivity contribution in [1.29, 1.82) is 0 Å². The third-order valence-electron chi connectivity index (χ3n) is 3.94. The number of carboxylic acid groups (broad SMARTS) is 1. The molecule has 1 saturated heterocycles. The van der Waals surface area contributed by atoms with Gasteiger partial charge in [0.15, 0.2) is 0 Å². The molecule has 2 rings (SSSR count). The fourth-order valence-electron chi connectivity index (χ4n) is 1.94. The molecule has 2 heterocycles. The first-order valence-electron chi connectivity index (χ1n) is 6.64. The third kappa shape index (κ3) is 3.20. The summed E-state index contributed by atoms with van der Waals surface area (Å²) in [6.07, 6.45) is 0.0168. The molecule has 1 aromatic rings. The lowest BCUT2D eigenvalue weighted by atomic mass is 9.83. The molecule has 0 aliphatic carbocycles. The van der Waals surface area contributed by atoms with Crippen LogP contribution in [0.1, 0.15) is 32.6 Å². The van der Waals surface area contributed by atoms with Crippen LogP contribution in [0.4, 0.5) is 4.39 Å². The molecule has 1 aliphatic heterocycles. The summed E-state index contributed by atoms with van der Waals surface area (Å²) < 4.78 is 25.7. The summed E-state index contributed by atoms with van der Waals surface area (Å²) in [6.45, 7) is 7.17. The highest BCUT2D eigenvalue weighted by atomic mass is 32.1. The molecule has 0 radical (unpaired) electrons. The molecule has 1 fully saturated rings. The van der Waals surface area contributed by atoms with Crippen LogP contribution >= 0.6 is 11.3 Å². The van der Waals surface area contributed by atoms with Crippen LogP contribution < -0.4 is 0 Å². The summed E-state index contributed by atoms with van der Waals surface area (Å²) >= 11 is 1.38. The number of carboxylic acids is 1. The van der Waals surface area contributed by atoms with E-state index >= 15 is 0 Å². The second-order valence-electron chi connectivity index (χ2n) is 5.98. The van der Waals surface area contributed by atoms with Crippen molar-refractivity contribution in [1.82, 2.24) is 0 Å². The van der Waals surface area contributed by atoms with E-state index in [0.29, 0.717) is 0 Å². The molecule has 1 N–H and O–H groups in total. The Labute approximate surface area is 127 Å². The topological polar surface area (TPSA) is 55.8 Å². The van der Waals surface area contributed by atoms with Gasteiger partial charge in [0.05, 0.1) is 16.8 Å². The summed E-state index contributed by atoms with van der Waals surface area (Å²) in [5.41, 5.74) is -2.60. The standard InChI is InChI=1S/C14H18BFO4S/c1-13(2)14(3,4)20-15(19-13)11(16)10(12(17)18)8-9-6-5-7-21-9/h5-7H,8H2,1-4H3,(H,17,18). The van der Waals surface area contributed by atoms with Crippen LogP contribution in [0.3, 0.4) is 0 Å². The lowest BCUT2D eigenvalue weighted by Gasteiger charge is -2.32. The van der Waals surface area contributed by atoms with Gasteiger partial charge >= 0.3 is 13.1 Å². The second-order valence-corrected chi connectivity index (χ2v) is 7.01. The van der Waals surface area contributed by atoms with Gasteiger partial charge in [-0.15, -0.1) is 11.3 Å². The Morgan fingerprint density at radius 2 is 1.90 bits per heavy atom. The van der Waals surface area contributed by atoms with Crippen LogP contribution in [0.5, 0.6) is 0 Å². The van der Waals surface area contributed by atoms with Crippen LogP contribution in [0, 0.1) is 0 Å². The van der Waals surface area contributed by atoms with E-state index in [4.69, 9.17) is 9.31 Å². The van der Waals surface area contributed by atoms with Gasteiger partial charge in [0, 0.05) is 11.3 Å². The number of hydrogen-bond donors (Lipinski definition) is 1. The highest BCUT2D eigenvalue weighted by Crippen LogP contribution is 2.39. The summed E-state index contributed by atoms with van der Waals surface area (Å²) in [7, 11) is -1.28. The highest BCUT2D eigenvalue weighted by molar-refractivity contribution is 7.09. The number of carbonyl (C=O) groups is 1. The Bertz CT molecular complexity index is 550. The Morgan fingerprint density at radius 3 is 2.33 bits per heavy atom. The van der Waals surface area contributed by atoms with Crippen LogP contribution in [-0.2, 0) is 20.5 Å². The van der Waals surface area contributed by atoms with E-state index in [2.05, 4.69) is 0 Å². The van der Waals surface area contributed by atoms with Crippen molar-refractivity contribution in [3.05, 3.63) is 33.7 Å². The van der Waals surface area contributed by atoms with E-state index in [1.54, 1.807) is 39.8 Å². The Hall–Kier alpha value is -1.18. The first kappa shape index (κ1) is 16.2. The van der Waals surface area contributed by atoms with Crippen LogP contribution in [0.25, 0.3) is 0 Å².